The van der Waals surface area contributed by atoms with Crippen molar-refractivity contribution in [3.05, 3.63) is 58.8 Å². The van der Waals surface area contributed by atoms with Crippen LogP contribution in [-0.2, 0) is 13.6 Å². The summed E-state index contributed by atoms with van der Waals surface area (Å²) < 4.78 is 39.0. The van der Waals surface area contributed by atoms with Crippen LogP contribution in [0.1, 0.15) is 10.4 Å². The molecule has 0 fully saturated rings. The summed E-state index contributed by atoms with van der Waals surface area (Å²) in [7, 11) is 1.52. The normalized spacial score (nSPS) is 11.7. The van der Waals surface area contributed by atoms with Gasteiger partial charge in [0.15, 0.2) is 0 Å². The maximum absolute atomic E-state index is 12.5. The average Bonchev–Trinajstić information content (AvgIpc) is 2.95. The third-order valence-electron chi connectivity index (χ3n) is 3.57. The zero-order chi connectivity index (χ0) is 18.2. The van der Waals surface area contributed by atoms with Gasteiger partial charge >= 0.3 is 6.18 Å². The molecule has 0 spiro atoms. The molecule has 2 aromatic heterocycles. The highest BCUT2D eigenvalue weighted by atomic mass is 19.4. The first kappa shape index (κ1) is 16.7. The van der Waals surface area contributed by atoms with Crippen LogP contribution in [0.25, 0.3) is 10.8 Å². The minimum Gasteiger partial charge on any atom is -0.319 e. The lowest BCUT2D eigenvalue weighted by atomic mass is 10.1. The highest BCUT2D eigenvalue weighted by molar-refractivity contribution is 6.12. The molecule has 9 heteroatoms. The number of hydrogen-bond acceptors (Lipinski definition) is 3. The van der Waals surface area contributed by atoms with Crippen LogP contribution >= 0.6 is 0 Å². The van der Waals surface area contributed by atoms with Crippen LogP contribution in [0.15, 0.2) is 47.7 Å². The fourth-order valence-corrected chi connectivity index (χ4v) is 2.49. The van der Waals surface area contributed by atoms with Gasteiger partial charge in [-0.15, -0.1) is 0 Å². The van der Waals surface area contributed by atoms with E-state index in [-0.39, 0.29) is 16.8 Å². The van der Waals surface area contributed by atoms with Gasteiger partial charge in [-0.25, -0.2) is 0 Å². The second-order valence-electron chi connectivity index (χ2n) is 5.50. The Hall–Kier alpha value is -3.10. The van der Waals surface area contributed by atoms with Gasteiger partial charge in [0.2, 0.25) is 0 Å². The van der Waals surface area contributed by atoms with E-state index in [9.17, 15) is 22.8 Å². The van der Waals surface area contributed by atoms with Gasteiger partial charge in [-0.1, -0.05) is 18.2 Å². The van der Waals surface area contributed by atoms with Crippen LogP contribution in [0.4, 0.5) is 18.9 Å². The molecule has 0 radical (unpaired) electrons. The third-order valence-corrected chi connectivity index (χ3v) is 3.57. The Bertz CT molecular complexity index is 1000. The van der Waals surface area contributed by atoms with Crippen molar-refractivity contribution < 1.29 is 18.0 Å². The summed E-state index contributed by atoms with van der Waals surface area (Å²) in [6.45, 7) is -1.24. The maximum Gasteiger partial charge on any atom is 0.408 e. The quantitative estimate of drug-likeness (QED) is 0.789. The van der Waals surface area contributed by atoms with Crippen LogP contribution in [0.2, 0.25) is 0 Å². The van der Waals surface area contributed by atoms with Gasteiger partial charge in [0, 0.05) is 30.2 Å². The van der Waals surface area contributed by atoms with Crippen LogP contribution in [0, 0.1) is 0 Å². The average molecular weight is 350 g/mol. The predicted molar refractivity (Wildman–Crippen MR) is 85.4 cm³/mol. The van der Waals surface area contributed by atoms with Gasteiger partial charge in [-0.05, 0) is 6.07 Å². The Morgan fingerprint density at radius 2 is 1.88 bits per heavy atom. The first-order chi connectivity index (χ1) is 11.7. The molecule has 1 aromatic carbocycles. The number of aromatic nitrogens is 3. The molecule has 2 heterocycles. The molecule has 1 N–H and O–H groups in total. The summed E-state index contributed by atoms with van der Waals surface area (Å²) in [6, 6.07) is 6.63. The van der Waals surface area contributed by atoms with Crippen LogP contribution in [0.5, 0.6) is 0 Å². The maximum atomic E-state index is 12.5. The summed E-state index contributed by atoms with van der Waals surface area (Å²) in [5, 5.41) is 6.91. The van der Waals surface area contributed by atoms with Gasteiger partial charge < -0.3 is 9.88 Å². The molecular formula is C16H13F3N4O2. The molecule has 6 nitrogen and oxygen atoms in total. The summed E-state index contributed by atoms with van der Waals surface area (Å²) in [5.41, 5.74) is 0.124. The molecule has 0 aliphatic heterocycles. The Balaban J connectivity index is 1.91. The standard InChI is InChI=1S/C16H13F3N4O2/c1-22-8-13(11-4-2-3-5-12(11)15(22)25)14(24)21-10-6-20-23(7-10)9-16(17,18)19/h2-8H,9H2,1H3,(H,21,24). The van der Waals surface area contributed by atoms with Crippen molar-refractivity contribution in [2.45, 2.75) is 12.7 Å². The molecule has 0 unspecified atom stereocenters. The number of hydrogen-bond donors (Lipinski definition) is 1. The van der Waals surface area contributed by atoms with Crippen molar-refractivity contribution >= 4 is 22.4 Å². The van der Waals surface area contributed by atoms with Crippen LogP contribution in [-0.4, -0.2) is 26.4 Å². The summed E-state index contributed by atoms with van der Waals surface area (Å²) in [6.07, 6.45) is -0.787. The molecule has 0 atom stereocenters. The molecule has 0 saturated heterocycles. The minimum absolute atomic E-state index is 0.132. The highest BCUT2D eigenvalue weighted by Crippen LogP contribution is 2.19. The van der Waals surface area contributed by atoms with Gasteiger partial charge in [-0.3, -0.25) is 14.3 Å². The number of carbonyl (C=O) groups is 1. The molecule has 3 aromatic rings. The van der Waals surface area contributed by atoms with Crippen molar-refractivity contribution in [1.82, 2.24) is 14.3 Å². The number of aryl methyl sites for hydroxylation is 1. The molecule has 0 bridgehead atoms. The van der Waals surface area contributed by atoms with Gasteiger partial charge in [-0.2, -0.15) is 18.3 Å². The Morgan fingerprint density at radius 3 is 2.56 bits per heavy atom. The second kappa shape index (κ2) is 6.08. The van der Waals surface area contributed by atoms with Crippen molar-refractivity contribution in [2.24, 2.45) is 7.05 Å². The van der Waals surface area contributed by atoms with Crippen molar-refractivity contribution in [2.75, 3.05) is 5.32 Å². The fraction of sp³-hybridized carbons (Fsp3) is 0.188. The Labute approximate surface area is 139 Å². The minimum atomic E-state index is -4.40. The van der Waals surface area contributed by atoms with Crippen molar-refractivity contribution in [3.63, 3.8) is 0 Å². The number of pyridine rings is 1. The largest absolute Gasteiger partial charge is 0.408 e. The number of benzene rings is 1. The number of fused-ring (bicyclic) bond motifs is 1. The number of nitrogens with one attached hydrogen (secondary N) is 1. The van der Waals surface area contributed by atoms with Gasteiger partial charge in [0.1, 0.15) is 6.54 Å². The van der Waals surface area contributed by atoms with E-state index in [4.69, 9.17) is 0 Å². The lowest BCUT2D eigenvalue weighted by Crippen LogP contribution is -2.21. The summed E-state index contributed by atoms with van der Waals surface area (Å²) >= 11 is 0. The van der Waals surface area contributed by atoms with Crippen molar-refractivity contribution in [3.8, 4) is 0 Å². The number of halogens is 3. The monoisotopic (exact) mass is 350 g/mol. The number of amides is 1. The summed E-state index contributed by atoms with van der Waals surface area (Å²) in [5.74, 6) is -0.543. The zero-order valence-electron chi connectivity index (χ0n) is 13.0. The van der Waals surface area contributed by atoms with E-state index in [1.54, 1.807) is 24.3 Å². The summed E-state index contributed by atoms with van der Waals surface area (Å²) in [4.78, 5) is 24.6. The molecule has 130 valence electrons. The highest BCUT2D eigenvalue weighted by Gasteiger charge is 2.28. The lowest BCUT2D eigenvalue weighted by molar-refractivity contribution is -0.142. The van der Waals surface area contributed by atoms with E-state index in [1.165, 1.54) is 17.8 Å². The second-order valence-corrected chi connectivity index (χ2v) is 5.50. The van der Waals surface area contributed by atoms with E-state index in [2.05, 4.69) is 10.4 Å². The number of alkyl halides is 3. The smallest absolute Gasteiger partial charge is 0.319 e. The first-order valence-corrected chi connectivity index (χ1v) is 7.23. The third kappa shape index (κ3) is 3.54. The number of nitrogens with zero attached hydrogens (tertiary/aromatic N) is 3. The fourth-order valence-electron chi connectivity index (χ4n) is 2.49. The lowest BCUT2D eigenvalue weighted by Gasteiger charge is -2.09. The van der Waals surface area contributed by atoms with E-state index in [1.807, 2.05) is 0 Å². The van der Waals surface area contributed by atoms with E-state index < -0.39 is 18.6 Å². The van der Waals surface area contributed by atoms with Gasteiger partial charge in [0.05, 0.1) is 17.4 Å². The Morgan fingerprint density at radius 1 is 1.20 bits per heavy atom. The van der Waals surface area contributed by atoms with Crippen LogP contribution in [0.3, 0.4) is 0 Å². The van der Waals surface area contributed by atoms with Crippen LogP contribution < -0.4 is 10.9 Å². The Kier molecular flexibility index (Phi) is 4.07. The number of carbonyl (C=O) groups excluding carboxylic acids is 1. The van der Waals surface area contributed by atoms with E-state index in [0.717, 1.165) is 12.4 Å². The molecular weight excluding hydrogens is 337 g/mol. The molecule has 0 saturated carbocycles. The molecule has 3 rings (SSSR count). The molecule has 0 aliphatic carbocycles. The number of rotatable bonds is 3. The molecule has 25 heavy (non-hydrogen) atoms. The zero-order valence-corrected chi connectivity index (χ0v) is 13.0. The number of anilines is 1. The molecule has 0 aliphatic rings. The van der Waals surface area contributed by atoms with Gasteiger partial charge in [0.25, 0.3) is 11.5 Å². The van der Waals surface area contributed by atoms with Crippen molar-refractivity contribution in [1.29, 1.82) is 0 Å². The first-order valence-electron chi connectivity index (χ1n) is 7.23. The van der Waals surface area contributed by atoms with E-state index in [0.29, 0.717) is 15.5 Å². The SMILES string of the molecule is Cn1cc(C(=O)Nc2cnn(CC(F)(F)F)c2)c2ccccc2c1=O. The van der Waals surface area contributed by atoms with E-state index >= 15 is 0 Å². The molecule has 1 amide bonds. The predicted octanol–water partition coefficient (Wildman–Crippen LogP) is 2.55. The topological polar surface area (TPSA) is 68.9 Å².